The highest BCUT2D eigenvalue weighted by Crippen LogP contribution is 2.16. The highest BCUT2D eigenvalue weighted by atomic mass is 32.2. The van der Waals surface area contributed by atoms with E-state index in [0.717, 1.165) is 0 Å². The molecule has 1 fully saturated rings. The van der Waals surface area contributed by atoms with Crippen LogP contribution in [0.15, 0.2) is 0 Å². The predicted molar refractivity (Wildman–Crippen MR) is 69.6 cm³/mol. The quantitative estimate of drug-likeness (QED) is 0.754. The molecule has 2 N–H and O–H groups in total. The molecule has 0 saturated carbocycles. The molecule has 0 aromatic carbocycles. The molecular weight excluding hydrogens is 272 g/mol. The van der Waals surface area contributed by atoms with E-state index in [1.54, 1.807) is 13.8 Å². The minimum atomic E-state index is -3.07. The molecule has 8 heteroatoms. The van der Waals surface area contributed by atoms with Crippen molar-refractivity contribution in [2.24, 2.45) is 5.92 Å². The van der Waals surface area contributed by atoms with Crippen LogP contribution < -0.4 is 5.32 Å². The topological polar surface area (TPSA) is 104 Å². The first-order valence-corrected chi connectivity index (χ1v) is 7.92. The van der Waals surface area contributed by atoms with Crippen molar-refractivity contribution in [1.82, 2.24) is 10.2 Å². The van der Waals surface area contributed by atoms with Gasteiger partial charge in [0.1, 0.15) is 6.04 Å². The third kappa shape index (κ3) is 4.09. The minimum Gasteiger partial charge on any atom is -0.480 e. The molecule has 1 aliphatic rings. The standard InChI is InChI=1S/C11H20N2O5S/c1-7(2)9(10(14)15)12-11(16)13(3)8-4-5-19(17,18)6-8/h7-9H,4-6H2,1-3H3,(H,12,16)(H,14,15)/t8?,9-/m0/s1. The van der Waals surface area contributed by atoms with Gasteiger partial charge in [-0.05, 0) is 12.3 Å². The van der Waals surface area contributed by atoms with Crippen LogP contribution in [0.4, 0.5) is 4.79 Å². The number of carbonyl (C=O) groups is 2. The highest BCUT2D eigenvalue weighted by molar-refractivity contribution is 7.91. The summed E-state index contributed by atoms with van der Waals surface area (Å²) >= 11 is 0. The molecule has 0 aliphatic carbocycles. The van der Waals surface area contributed by atoms with E-state index < -0.39 is 27.9 Å². The first-order valence-electron chi connectivity index (χ1n) is 6.10. The summed E-state index contributed by atoms with van der Waals surface area (Å²) in [7, 11) is -1.59. The van der Waals surface area contributed by atoms with Crippen LogP contribution in [0.5, 0.6) is 0 Å². The van der Waals surface area contributed by atoms with Crippen molar-refractivity contribution in [1.29, 1.82) is 0 Å². The summed E-state index contributed by atoms with van der Waals surface area (Å²) in [5.74, 6) is -1.34. The van der Waals surface area contributed by atoms with E-state index in [-0.39, 0.29) is 23.5 Å². The van der Waals surface area contributed by atoms with Gasteiger partial charge in [-0.3, -0.25) is 0 Å². The predicted octanol–water partition coefficient (Wildman–Crippen LogP) is -0.0759. The van der Waals surface area contributed by atoms with Gasteiger partial charge in [0.15, 0.2) is 9.84 Å². The van der Waals surface area contributed by atoms with E-state index in [2.05, 4.69) is 5.32 Å². The average molecular weight is 292 g/mol. The lowest BCUT2D eigenvalue weighted by Crippen LogP contribution is -2.51. The van der Waals surface area contributed by atoms with Crippen molar-refractivity contribution in [2.75, 3.05) is 18.6 Å². The van der Waals surface area contributed by atoms with Crippen molar-refractivity contribution < 1.29 is 23.1 Å². The molecule has 1 unspecified atom stereocenters. The van der Waals surface area contributed by atoms with Crippen molar-refractivity contribution >= 4 is 21.8 Å². The van der Waals surface area contributed by atoms with Crippen LogP contribution in [0.1, 0.15) is 20.3 Å². The van der Waals surface area contributed by atoms with Crippen molar-refractivity contribution in [3.05, 3.63) is 0 Å². The van der Waals surface area contributed by atoms with Gasteiger partial charge in [0.25, 0.3) is 0 Å². The third-order valence-corrected chi connectivity index (χ3v) is 5.04. The fourth-order valence-electron chi connectivity index (χ4n) is 2.00. The summed E-state index contributed by atoms with van der Waals surface area (Å²) in [4.78, 5) is 24.2. The Labute approximate surface area is 112 Å². The van der Waals surface area contributed by atoms with E-state index in [9.17, 15) is 18.0 Å². The second-order valence-electron chi connectivity index (χ2n) is 5.18. The number of carboxylic acid groups (broad SMARTS) is 1. The molecule has 0 spiro atoms. The Morgan fingerprint density at radius 2 is 1.95 bits per heavy atom. The van der Waals surface area contributed by atoms with E-state index in [4.69, 9.17) is 5.11 Å². The van der Waals surface area contributed by atoms with Crippen molar-refractivity contribution in [2.45, 2.75) is 32.4 Å². The summed E-state index contributed by atoms with van der Waals surface area (Å²) < 4.78 is 22.7. The molecule has 1 rings (SSSR count). The van der Waals surface area contributed by atoms with Gasteiger partial charge in [0.2, 0.25) is 0 Å². The molecule has 0 radical (unpaired) electrons. The molecule has 7 nitrogen and oxygen atoms in total. The van der Waals surface area contributed by atoms with E-state index in [1.807, 2.05) is 0 Å². The Bertz CT molecular complexity index is 460. The maximum absolute atomic E-state index is 11.9. The number of hydrogen-bond donors (Lipinski definition) is 2. The van der Waals surface area contributed by atoms with Crippen LogP contribution in [0, 0.1) is 5.92 Å². The number of hydrogen-bond acceptors (Lipinski definition) is 4. The second kappa shape index (κ2) is 5.77. The van der Waals surface area contributed by atoms with Crippen LogP contribution in [-0.2, 0) is 14.6 Å². The van der Waals surface area contributed by atoms with Crippen molar-refractivity contribution in [3.63, 3.8) is 0 Å². The fourth-order valence-corrected chi connectivity index (χ4v) is 3.77. The largest absolute Gasteiger partial charge is 0.480 e. The number of carboxylic acids is 1. The van der Waals surface area contributed by atoms with E-state index in [1.165, 1.54) is 11.9 Å². The van der Waals surface area contributed by atoms with Crippen molar-refractivity contribution in [3.8, 4) is 0 Å². The van der Waals surface area contributed by atoms with Gasteiger partial charge in [-0.1, -0.05) is 13.8 Å². The van der Waals surface area contributed by atoms with Gasteiger partial charge < -0.3 is 15.3 Å². The molecule has 2 amide bonds. The van der Waals surface area contributed by atoms with Crippen LogP contribution in [0.2, 0.25) is 0 Å². The molecular formula is C11H20N2O5S. The van der Waals surface area contributed by atoms with Crippen LogP contribution >= 0.6 is 0 Å². The molecule has 110 valence electrons. The Hall–Kier alpha value is -1.31. The molecule has 1 heterocycles. The SMILES string of the molecule is CC(C)[C@H](NC(=O)N(C)C1CCS(=O)(=O)C1)C(=O)O. The molecule has 2 atom stereocenters. The number of nitrogens with one attached hydrogen (secondary N) is 1. The highest BCUT2D eigenvalue weighted by Gasteiger charge is 2.34. The maximum atomic E-state index is 11.9. The number of amides is 2. The number of sulfone groups is 1. The molecule has 0 aromatic rings. The van der Waals surface area contributed by atoms with Gasteiger partial charge in [0, 0.05) is 13.1 Å². The minimum absolute atomic E-state index is 0.0592. The lowest BCUT2D eigenvalue weighted by atomic mass is 10.1. The first-order chi connectivity index (χ1) is 8.64. The maximum Gasteiger partial charge on any atom is 0.326 e. The smallest absolute Gasteiger partial charge is 0.326 e. The molecule has 1 saturated heterocycles. The number of rotatable bonds is 4. The number of urea groups is 1. The van der Waals surface area contributed by atoms with Crippen LogP contribution in [-0.4, -0.2) is 61.1 Å². The number of carbonyl (C=O) groups excluding carboxylic acids is 1. The zero-order chi connectivity index (χ0) is 14.8. The molecule has 0 aromatic heterocycles. The summed E-state index contributed by atoms with van der Waals surface area (Å²) in [6.07, 6.45) is 0.395. The zero-order valence-electron chi connectivity index (χ0n) is 11.3. The molecule has 19 heavy (non-hydrogen) atoms. The molecule has 1 aliphatic heterocycles. The van der Waals surface area contributed by atoms with E-state index in [0.29, 0.717) is 6.42 Å². The Kier molecular flexibility index (Phi) is 4.78. The average Bonchev–Trinajstić information content (AvgIpc) is 2.64. The Morgan fingerprint density at radius 3 is 2.32 bits per heavy atom. The summed E-state index contributed by atoms with van der Waals surface area (Å²) in [6, 6.07) is -1.91. The molecule has 0 bridgehead atoms. The summed E-state index contributed by atoms with van der Waals surface area (Å²) in [5, 5.41) is 11.4. The Balaban J connectivity index is 2.65. The van der Waals surface area contributed by atoms with Crippen LogP contribution in [0.25, 0.3) is 0 Å². The normalized spacial score (nSPS) is 23.1. The van der Waals surface area contributed by atoms with Gasteiger partial charge in [-0.2, -0.15) is 0 Å². The Morgan fingerprint density at radius 1 is 1.37 bits per heavy atom. The van der Waals surface area contributed by atoms with Gasteiger partial charge >= 0.3 is 12.0 Å². The zero-order valence-corrected chi connectivity index (χ0v) is 12.1. The second-order valence-corrected chi connectivity index (χ2v) is 7.41. The van der Waals surface area contributed by atoms with Gasteiger partial charge in [0.05, 0.1) is 11.5 Å². The first kappa shape index (κ1) is 15.7. The number of nitrogens with zero attached hydrogens (tertiary/aromatic N) is 1. The van der Waals surface area contributed by atoms with Gasteiger partial charge in [-0.15, -0.1) is 0 Å². The van der Waals surface area contributed by atoms with Gasteiger partial charge in [-0.25, -0.2) is 18.0 Å². The van der Waals surface area contributed by atoms with Crippen LogP contribution in [0.3, 0.4) is 0 Å². The lowest BCUT2D eigenvalue weighted by molar-refractivity contribution is -0.140. The third-order valence-electron chi connectivity index (χ3n) is 3.29. The monoisotopic (exact) mass is 292 g/mol. The summed E-state index contributed by atoms with van der Waals surface area (Å²) in [5.41, 5.74) is 0. The van der Waals surface area contributed by atoms with E-state index >= 15 is 0 Å². The number of aliphatic carboxylic acids is 1. The lowest BCUT2D eigenvalue weighted by Gasteiger charge is -2.27. The summed E-state index contributed by atoms with van der Waals surface area (Å²) in [6.45, 7) is 3.39. The fraction of sp³-hybridized carbons (Fsp3) is 0.818.